The van der Waals surface area contributed by atoms with Crippen molar-refractivity contribution >= 4 is 11.9 Å². The first kappa shape index (κ1) is 18.9. The van der Waals surface area contributed by atoms with Crippen molar-refractivity contribution in [3.05, 3.63) is 58.5 Å². The fraction of sp³-hybridized carbons (Fsp3) is 0.368. The minimum atomic E-state index is -0.859. The van der Waals surface area contributed by atoms with Crippen molar-refractivity contribution < 1.29 is 18.4 Å². The third-order valence-electron chi connectivity index (χ3n) is 4.93. The molecule has 0 radical (unpaired) electrons. The van der Waals surface area contributed by atoms with E-state index in [-0.39, 0.29) is 12.5 Å². The predicted octanol–water partition coefficient (Wildman–Crippen LogP) is 2.53. The molecule has 27 heavy (non-hydrogen) atoms. The van der Waals surface area contributed by atoms with E-state index in [4.69, 9.17) is 4.42 Å². The number of amides is 3. The van der Waals surface area contributed by atoms with E-state index in [0.717, 1.165) is 16.8 Å². The van der Waals surface area contributed by atoms with Gasteiger partial charge < -0.3 is 15.2 Å². The fourth-order valence-corrected chi connectivity index (χ4v) is 3.35. The van der Waals surface area contributed by atoms with Gasteiger partial charge in [-0.1, -0.05) is 6.58 Å². The van der Waals surface area contributed by atoms with E-state index in [1.54, 1.807) is 6.07 Å². The van der Waals surface area contributed by atoms with Crippen LogP contribution >= 0.6 is 0 Å². The molecule has 2 unspecified atom stereocenters. The smallest absolute Gasteiger partial charge is 0.322 e. The number of nitrogens with zero attached hydrogens (tertiary/aromatic N) is 1. The zero-order chi connectivity index (χ0) is 19.9. The summed E-state index contributed by atoms with van der Waals surface area (Å²) in [4.78, 5) is 23.0. The lowest BCUT2D eigenvalue weighted by Crippen LogP contribution is -2.33. The van der Waals surface area contributed by atoms with Gasteiger partial charge in [-0.25, -0.2) is 14.2 Å². The summed E-state index contributed by atoms with van der Waals surface area (Å²) in [5, 5.41) is 6.53. The van der Waals surface area contributed by atoms with Gasteiger partial charge in [0, 0.05) is 30.3 Å². The van der Waals surface area contributed by atoms with E-state index in [9.17, 15) is 14.0 Å². The van der Waals surface area contributed by atoms with Gasteiger partial charge in [0.15, 0.2) is 6.04 Å². The van der Waals surface area contributed by atoms with Crippen LogP contribution in [0.15, 0.2) is 45.8 Å². The van der Waals surface area contributed by atoms with Crippen molar-refractivity contribution in [2.24, 2.45) is 0 Å². The molecule has 2 aliphatic heterocycles. The minimum absolute atomic E-state index is 0.0121. The fourth-order valence-electron chi connectivity index (χ4n) is 3.35. The number of urea groups is 1. The Morgan fingerprint density at radius 1 is 1.41 bits per heavy atom. The van der Waals surface area contributed by atoms with E-state index in [0.29, 0.717) is 17.1 Å². The predicted molar refractivity (Wildman–Crippen MR) is 98.0 cm³/mol. The molecule has 0 aliphatic carbocycles. The van der Waals surface area contributed by atoms with Crippen molar-refractivity contribution in [1.29, 1.82) is 0 Å². The highest BCUT2D eigenvalue weighted by atomic mass is 19.1. The number of hydrazine groups is 1. The van der Waals surface area contributed by atoms with Crippen LogP contribution in [0.4, 0.5) is 9.18 Å². The summed E-state index contributed by atoms with van der Waals surface area (Å²) in [5.41, 5.74) is 5.96. The number of nitrogens with one attached hydrogen (secondary N) is 3. The number of aryl methyl sites for hydroxylation is 1. The van der Waals surface area contributed by atoms with Gasteiger partial charge in [-0.3, -0.25) is 10.1 Å². The molecular weight excluding hydrogens is 351 g/mol. The number of furan rings is 1. The summed E-state index contributed by atoms with van der Waals surface area (Å²) in [5.74, 6) is -0.0307. The van der Waals surface area contributed by atoms with Crippen LogP contribution in [0.25, 0.3) is 0 Å². The molecular formula is C19H23FN4O3. The molecule has 2 atom stereocenters. The van der Waals surface area contributed by atoms with Gasteiger partial charge in [0.25, 0.3) is 5.91 Å². The van der Waals surface area contributed by atoms with Crippen molar-refractivity contribution in [3.63, 3.8) is 0 Å². The van der Waals surface area contributed by atoms with Crippen LogP contribution in [0.1, 0.15) is 37.0 Å². The minimum Gasteiger partial charge on any atom is -0.463 e. The highest BCUT2D eigenvalue weighted by Gasteiger charge is 2.34. The first-order valence-corrected chi connectivity index (χ1v) is 8.65. The standard InChI is InChI=1S/C19H23FN4O3/c1-9-8-15(17-18(25)22-19(26)21-17)27-14(9)7-6-13(20)10(2)16-11(3)23-24(5)12(16)4/h6,8,12,17,23H,2,7H2,1,3-5H3,(H2,21,22,25,26). The van der Waals surface area contributed by atoms with Gasteiger partial charge in [0.05, 0.1) is 6.04 Å². The maximum absolute atomic E-state index is 14.7. The number of hydrogen-bond donors (Lipinski definition) is 3. The Hall–Kier alpha value is -2.87. The highest BCUT2D eigenvalue weighted by Crippen LogP contribution is 2.30. The Labute approximate surface area is 156 Å². The quantitative estimate of drug-likeness (QED) is 0.545. The molecule has 8 heteroatoms. The summed E-state index contributed by atoms with van der Waals surface area (Å²) in [7, 11) is 1.89. The molecule has 3 rings (SSSR count). The topological polar surface area (TPSA) is 86.6 Å². The zero-order valence-corrected chi connectivity index (χ0v) is 15.8. The molecule has 1 aromatic heterocycles. The van der Waals surface area contributed by atoms with E-state index in [1.807, 2.05) is 32.8 Å². The molecule has 0 bridgehead atoms. The number of rotatable bonds is 5. The summed E-state index contributed by atoms with van der Waals surface area (Å²) >= 11 is 0. The Bertz CT molecular complexity index is 884. The Kier molecular flexibility index (Phi) is 4.93. The first-order chi connectivity index (χ1) is 12.7. The van der Waals surface area contributed by atoms with Gasteiger partial charge in [0.1, 0.15) is 17.3 Å². The number of carbonyl (C=O) groups is 2. The molecule has 2 aliphatic rings. The third-order valence-corrected chi connectivity index (χ3v) is 4.93. The second kappa shape index (κ2) is 7.03. The van der Waals surface area contributed by atoms with Crippen molar-refractivity contribution in [2.75, 3.05) is 7.05 Å². The normalized spacial score (nSPS) is 23.5. The van der Waals surface area contributed by atoms with Crippen LogP contribution in [0.3, 0.4) is 0 Å². The second-order valence-electron chi connectivity index (χ2n) is 6.82. The van der Waals surface area contributed by atoms with Crippen LogP contribution < -0.4 is 16.1 Å². The van der Waals surface area contributed by atoms with E-state index in [1.165, 1.54) is 6.08 Å². The zero-order valence-electron chi connectivity index (χ0n) is 15.8. The van der Waals surface area contributed by atoms with Gasteiger partial charge >= 0.3 is 6.03 Å². The van der Waals surface area contributed by atoms with Crippen molar-refractivity contribution in [1.82, 2.24) is 21.1 Å². The maximum atomic E-state index is 14.7. The van der Waals surface area contributed by atoms with Crippen LogP contribution in [0.2, 0.25) is 0 Å². The number of imide groups is 1. The molecule has 1 saturated heterocycles. The Balaban J connectivity index is 1.74. The number of allylic oxidation sites excluding steroid dienone is 3. The van der Waals surface area contributed by atoms with E-state index in [2.05, 4.69) is 22.6 Å². The van der Waals surface area contributed by atoms with Gasteiger partial charge in [-0.15, -0.1) is 0 Å². The third kappa shape index (κ3) is 3.52. The van der Waals surface area contributed by atoms with Gasteiger partial charge in [0.2, 0.25) is 0 Å². The first-order valence-electron chi connectivity index (χ1n) is 8.65. The number of likely N-dealkylation sites (N-methyl/N-ethyl adjacent to an activating group) is 1. The van der Waals surface area contributed by atoms with Crippen LogP contribution in [-0.4, -0.2) is 30.0 Å². The van der Waals surface area contributed by atoms with Gasteiger partial charge in [-0.05, 0) is 38.5 Å². The molecule has 144 valence electrons. The summed E-state index contributed by atoms with van der Waals surface area (Å²) in [6, 6.07) is 0.271. The Morgan fingerprint density at radius 2 is 2.11 bits per heavy atom. The van der Waals surface area contributed by atoms with Crippen LogP contribution in [0, 0.1) is 6.92 Å². The number of halogens is 1. The average molecular weight is 374 g/mol. The molecule has 0 saturated carbocycles. The molecule has 3 N–H and O–H groups in total. The molecule has 7 nitrogen and oxygen atoms in total. The lowest BCUT2D eigenvalue weighted by molar-refractivity contribution is -0.120. The van der Waals surface area contributed by atoms with Crippen LogP contribution in [-0.2, 0) is 11.2 Å². The Morgan fingerprint density at radius 3 is 2.67 bits per heavy atom. The average Bonchev–Trinajstić information content (AvgIpc) is 3.21. The summed E-state index contributed by atoms with van der Waals surface area (Å²) < 4.78 is 20.4. The summed E-state index contributed by atoms with van der Waals surface area (Å²) in [6.45, 7) is 9.56. The second-order valence-corrected chi connectivity index (χ2v) is 6.82. The maximum Gasteiger partial charge on any atom is 0.322 e. The molecule has 1 aromatic rings. The largest absolute Gasteiger partial charge is 0.463 e. The highest BCUT2D eigenvalue weighted by molar-refractivity contribution is 6.04. The SMILES string of the molecule is C=C(C(F)=CCc1oc(C2NC(=O)NC2=O)cc1C)C1=C(C)NN(C)C1C. The molecule has 0 aromatic carbocycles. The van der Waals surface area contributed by atoms with Crippen LogP contribution in [0.5, 0.6) is 0 Å². The van der Waals surface area contributed by atoms with Crippen molar-refractivity contribution in [3.8, 4) is 0 Å². The van der Waals surface area contributed by atoms with E-state index >= 15 is 0 Å². The van der Waals surface area contributed by atoms with Crippen molar-refractivity contribution in [2.45, 2.75) is 39.3 Å². The lowest BCUT2D eigenvalue weighted by Gasteiger charge is -2.18. The number of carbonyl (C=O) groups excluding carboxylic acids is 2. The monoisotopic (exact) mass is 374 g/mol. The lowest BCUT2D eigenvalue weighted by atomic mass is 9.98. The van der Waals surface area contributed by atoms with E-state index < -0.39 is 23.8 Å². The molecule has 0 spiro atoms. The molecule has 3 heterocycles. The number of hydrogen-bond acceptors (Lipinski definition) is 5. The molecule has 3 amide bonds. The van der Waals surface area contributed by atoms with Gasteiger partial charge in [-0.2, -0.15) is 0 Å². The molecule has 1 fully saturated rings. The summed E-state index contributed by atoms with van der Waals surface area (Å²) in [6.07, 6.45) is 1.62.